The maximum absolute atomic E-state index is 12.7. The minimum Gasteiger partial charge on any atom is -0.311 e. The van der Waals surface area contributed by atoms with E-state index in [0.717, 1.165) is 27.5 Å². The number of benzene rings is 2. The maximum Gasteiger partial charge on any atom is 0.258 e. The predicted octanol–water partition coefficient (Wildman–Crippen LogP) is 4.11. The number of nitrogens with zero attached hydrogens (tertiary/aromatic N) is 2. The fourth-order valence-corrected chi connectivity index (χ4v) is 2.91. The summed E-state index contributed by atoms with van der Waals surface area (Å²) in [4.78, 5) is 16.9. The van der Waals surface area contributed by atoms with Gasteiger partial charge in [-0.2, -0.15) is 0 Å². The first kappa shape index (κ1) is 14.4. The molecule has 2 heterocycles. The molecule has 0 fully saturated rings. The van der Waals surface area contributed by atoms with Gasteiger partial charge in [-0.15, -0.1) is 0 Å². The van der Waals surface area contributed by atoms with E-state index in [9.17, 15) is 4.79 Å². The van der Waals surface area contributed by atoms with Crippen molar-refractivity contribution in [2.75, 3.05) is 0 Å². The molecule has 4 rings (SSSR count). The van der Waals surface area contributed by atoms with Crippen LogP contribution >= 0.6 is 0 Å². The van der Waals surface area contributed by atoms with Crippen LogP contribution in [0.2, 0.25) is 0 Å². The number of fused-ring (bicyclic) bond motifs is 1. The Kier molecular flexibility index (Phi) is 3.67. The number of hydrogen-bond acceptors (Lipinski definition) is 2. The molecule has 0 aliphatic heterocycles. The minimum atomic E-state index is 0.0362. The number of hydrogen-bond donors (Lipinski definition) is 0. The molecular weight excluding hydrogens is 296 g/mol. The Morgan fingerprint density at radius 2 is 1.75 bits per heavy atom. The summed E-state index contributed by atoms with van der Waals surface area (Å²) in [7, 11) is 0. The van der Waals surface area contributed by atoms with E-state index in [0.29, 0.717) is 6.54 Å². The molecule has 0 saturated heterocycles. The van der Waals surface area contributed by atoms with Gasteiger partial charge < -0.3 is 4.57 Å². The zero-order valence-electron chi connectivity index (χ0n) is 13.1. The van der Waals surface area contributed by atoms with Gasteiger partial charge in [-0.3, -0.25) is 9.78 Å². The standard InChI is InChI=1S/C21H16N2O/c24-21-20-9-8-17(19-7-4-11-22-14-19)13-18(20)10-12-23(21)15-16-5-2-1-3-6-16/h1-14H,15H2. The summed E-state index contributed by atoms with van der Waals surface area (Å²) in [6.07, 6.45) is 5.45. The highest BCUT2D eigenvalue weighted by atomic mass is 16.1. The van der Waals surface area contributed by atoms with E-state index in [1.54, 1.807) is 10.8 Å². The Morgan fingerprint density at radius 1 is 0.875 bits per heavy atom. The summed E-state index contributed by atoms with van der Waals surface area (Å²) in [5.41, 5.74) is 3.27. The zero-order valence-corrected chi connectivity index (χ0v) is 13.1. The molecule has 3 nitrogen and oxygen atoms in total. The van der Waals surface area contributed by atoms with Crippen LogP contribution in [0, 0.1) is 0 Å². The predicted molar refractivity (Wildman–Crippen MR) is 97.0 cm³/mol. The average molecular weight is 312 g/mol. The topological polar surface area (TPSA) is 34.9 Å². The second kappa shape index (κ2) is 6.13. The Labute approximate surface area is 139 Å². The highest BCUT2D eigenvalue weighted by molar-refractivity contribution is 5.86. The summed E-state index contributed by atoms with van der Waals surface area (Å²) < 4.78 is 1.75. The Bertz CT molecular complexity index is 1040. The lowest BCUT2D eigenvalue weighted by Gasteiger charge is -2.09. The first-order chi connectivity index (χ1) is 11.8. The number of rotatable bonds is 3. The quantitative estimate of drug-likeness (QED) is 0.570. The van der Waals surface area contributed by atoms with Crippen molar-refractivity contribution in [3.63, 3.8) is 0 Å². The van der Waals surface area contributed by atoms with Crippen LogP contribution in [0.4, 0.5) is 0 Å². The zero-order chi connectivity index (χ0) is 16.4. The van der Waals surface area contributed by atoms with Crippen molar-refractivity contribution in [3.8, 4) is 11.1 Å². The lowest BCUT2D eigenvalue weighted by molar-refractivity contribution is 0.768. The largest absolute Gasteiger partial charge is 0.311 e. The van der Waals surface area contributed by atoms with Gasteiger partial charge in [-0.1, -0.05) is 42.5 Å². The molecule has 0 bridgehead atoms. The molecule has 2 aromatic heterocycles. The van der Waals surface area contributed by atoms with E-state index in [2.05, 4.69) is 4.98 Å². The molecule has 4 aromatic rings. The van der Waals surface area contributed by atoms with Crippen LogP contribution < -0.4 is 5.56 Å². The average Bonchev–Trinajstić information content (AvgIpc) is 2.65. The SMILES string of the molecule is O=c1c2ccc(-c3cccnc3)cc2ccn1Cc1ccccc1. The third-order valence-corrected chi connectivity index (χ3v) is 4.17. The van der Waals surface area contributed by atoms with Crippen LogP contribution in [0.1, 0.15) is 5.56 Å². The lowest BCUT2D eigenvalue weighted by atomic mass is 10.0. The van der Waals surface area contributed by atoms with Crippen LogP contribution in [0.3, 0.4) is 0 Å². The van der Waals surface area contributed by atoms with E-state index in [1.165, 1.54) is 0 Å². The molecule has 0 unspecified atom stereocenters. The van der Waals surface area contributed by atoms with Crippen molar-refractivity contribution in [1.29, 1.82) is 0 Å². The van der Waals surface area contributed by atoms with Crippen molar-refractivity contribution in [1.82, 2.24) is 9.55 Å². The first-order valence-electron chi connectivity index (χ1n) is 7.89. The molecule has 0 amide bonds. The molecule has 116 valence electrons. The molecular formula is C21H16N2O. The van der Waals surface area contributed by atoms with Gasteiger partial charge in [0.15, 0.2) is 0 Å². The summed E-state index contributed by atoms with van der Waals surface area (Å²) >= 11 is 0. The van der Waals surface area contributed by atoms with Gasteiger partial charge in [0.25, 0.3) is 5.56 Å². The summed E-state index contributed by atoms with van der Waals surface area (Å²) in [5.74, 6) is 0. The van der Waals surface area contributed by atoms with E-state index in [1.807, 2.05) is 79.1 Å². The number of pyridine rings is 2. The highest BCUT2D eigenvalue weighted by Gasteiger charge is 2.05. The second-order valence-corrected chi connectivity index (χ2v) is 5.78. The summed E-state index contributed by atoms with van der Waals surface area (Å²) in [5, 5.41) is 1.69. The van der Waals surface area contributed by atoms with Crippen molar-refractivity contribution in [2.45, 2.75) is 6.54 Å². The molecule has 2 aromatic carbocycles. The highest BCUT2D eigenvalue weighted by Crippen LogP contribution is 2.22. The molecule has 24 heavy (non-hydrogen) atoms. The molecule has 0 aliphatic carbocycles. The molecule has 0 spiro atoms. The smallest absolute Gasteiger partial charge is 0.258 e. The second-order valence-electron chi connectivity index (χ2n) is 5.78. The molecule has 0 aliphatic rings. The maximum atomic E-state index is 12.7. The number of aromatic nitrogens is 2. The van der Waals surface area contributed by atoms with Gasteiger partial charge in [0.05, 0.1) is 6.54 Å². The van der Waals surface area contributed by atoms with Crippen molar-refractivity contribution in [2.24, 2.45) is 0 Å². The third-order valence-electron chi connectivity index (χ3n) is 4.17. The van der Waals surface area contributed by atoms with Gasteiger partial charge in [0.1, 0.15) is 0 Å². The molecule has 3 heteroatoms. The lowest BCUT2D eigenvalue weighted by Crippen LogP contribution is -2.19. The minimum absolute atomic E-state index is 0.0362. The van der Waals surface area contributed by atoms with E-state index in [4.69, 9.17) is 0 Å². The normalized spacial score (nSPS) is 10.8. The fraction of sp³-hybridized carbons (Fsp3) is 0.0476. The Hall–Kier alpha value is -3.20. The Morgan fingerprint density at radius 3 is 2.54 bits per heavy atom. The molecule has 0 atom stereocenters. The van der Waals surface area contributed by atoms with E-state index >= 15 is 0 Å². The van der Waals surface area contributed by atoms with Crippen molar-refractivity contribution in [3.05, 3.63) is 101 Å². The third kappa shape index (κ3) is 2.72. The molecule has 0 saturated carbocycles. The van der Waals surface area contributed by atoms with Gasteiger partial charge in [-0.25, -0.2) is 0 Å². The van der Waals surface area contributed by atoms with E-state index in [-0.39, 0.29) is 5.56 Å². The molecule has 0 radical (unpaired) electrons. The van der Waals surface area contributed by atoms with Gasteiger partial charge in [0, 0.05) is 29.5 Å². The monoisotopic (exact) mass is 312 g/mol. The van der Waals surface area contributed by atoms with Crippen LogP contribution in [0.25, 0.3) is 21.9 Å². The van der Waals surface area contributed by atoms with Crippen molar-refractivity contribution < 1.29 is 0 Å². The van der Waals surface area contributed by atoms with Gasteiger partial charge >= 0.3 is 0 Å². The van der Waals surface area contributed by atoms with Gasteiger partial charge in [-0.05, 0) is 40.8 Å². The summed E-state index contributed by atoms with van der Waals surface area (Å²) in [6, 6.07) is 21.9. The van der Waals surface area contributed by atoms with Crippen molar-refractivity contribution >= 4 is 10.8 Å². The first-order valence-corrected chi connectivity index (χ1v) is 7.89. The van der Waals surface area contributed by atoms with Crippen LogP contribution in [0.5, 0.6) is 0 Å². The van der Waals surface area contributed by atoms with Crippen LogP contribution in [-0.4, -0.2) is 9.55 Å². The van der Waals surface area contributed by atoms with Crippen LogP contribution in [-0.2, 0) is 6.54 Å². The molecule has 0 N–H and O–H groups in total. The van der Waals surface area contributed by atoms with Crippen LogP contribution in [0.15, 0.2) is 90.1 Å². The Balaban J connectivity index is 1.76. The van der Waals surface area contributed by atoms with Gasteiger partial charge in [0.2, 0.25) is 0 Å². The fourth-order valence-electron chi connectivity index (χ4n) is 2.91. The van der Waals surface area contributed by atoms with E-state index < -0.39 is 0 Å². The summed E-state index contributed by atoms with van der Waals surface area (Å²) in [6.45, 7) is 0.583.